The molecule has 1 fully saturated rings. The molecule has 0 bridgehead atoms. The minimum atomic E-state index is 0.260. The van der Waals surface area contributed by atoms with Crippen LogP contribution >= 0.6 is 0 Å². The number of rotatable bonds is 3. The van der Waals surface area contributed by atoms with Crippen LogP contribution in [0.15, 0.2) is 0 Å². The molecule has 0 aromatic heterocycles. The third kappa shape index (κ3) is 3.11. The molecule has 0 radical (unpaired) electrons. The Bertz CT molecular complexity index is 175. The lowest BCUT2D eigenvalue weighted by Crippen LogP contribution is -2.31. The van der Waals surface area contributed by atoms with Crippen molar-refractivity contribution in [3.8, 4) is 0 Å². The standard InChI is InChI=1S/C11H20O2/c1-8(2)6-11(12)10-4-5-13-7-9(10)3/h8-10H,4-7H2,1-3H3. The van der Waals surface area contributed by atoms with Crippen LogP contribution in [0.25, 0.3) is 0 Å². The van der Waals surface area contributed by atoms with E-state index in [-0.39, 0.29) is 5.92 Å². The van der Waals surface area contributed by atoms with Crippen LogP contribution in [0.2, 0.25) is 0 Å². The molecule has 1 aliphatic rings. The summed E-state index contributed by atoms with van der Waals surface area (Å²) in [6, 6.07) is 0. The molecule has 0 N–H and O–H groups in total. The average Bonchev–Trinajstić information content (AvgIpc) is 2.03. The Morgan fingerprint density at radius 1 is 1.54 bits per heavy atom. The molecule has 1 heterocycles. The fourth-order valence-electron chi connectivity index (χ4n) is 1.91. The van der Waals surface area contributed by atoms with Crippen LogP contribution in [0.4, 0.5) is 0 Å². The Hall–Kier alpha value is -0.370. The van der Waals surface area contributed by atoms with Crippen molar-refractivity contribution in [1.82, 2.24) is 0 Å². The lowest BCUT2D eigenvalue weighted by atomic mass is 9.83. The van der Waals surface area contributed by atoms with Gasteiger partial charge in [-0.2, -0.15) is 0 Å². The number of carbonyl (C=O) groups is 1. The van der Waals surface area contributed by atoms with E-state index in [2.05, 4.69) is 20.8 Å². The summed E-state index contributed by atoms with van der Waals surface area (Å²) >= 11 is 0. The molecular formula is C11H20O2. The summed E-state index contributed by atoms with van der Waals surface area (Å²) < 4.78 is 5.31. The van der Waals surface area contributed by atoms with Crippen molar-refractivity contribution < 1.29 is 9.53 Å². The number of ether oxygens (including phenoxy) is 1. The topological polar surface area (TPSA) is 26.3 Å². The van der Waals surface area contributed by atoms with Crippen molar-refractivity contribution >= 4 is 5.78 Å². The number of Topliss-reactive ketones (excluding diaryl/α,β-unsaturated/α-hetero) is 1. The summed E-state index contributed by atoms with van der Waals surface area (Å²) in [7, 11) is 0. The highest BCUT2D eigenvalue weighted by Crippen LogP contribution is 2.24. The lowest BCUT2D eigenvalue weighted by molar-refractivity contribution is -0.129. The maximum atomic E-state index is 11.8. The molecule has 0 aromatic rings. The first-order valence-electron chi connectivity index (χ1n) is 5.21. The fraction of sp³-hybridized carbons (Fsp3) is 0.909. The zero-order chi connectivity index (χ0) is 9.84. The molecule has 1 rings (SSSR count). The van der Waals surface area contributed by atoms with E-state index in [1.54, 1.807) is 0 Å². The summed E-state index contributed by atoms with van der Waals surface area (Å²) in [6.07, 6.45) is 1.65. The van der Waals surface area contributed by atoms with Gasteiger partial charge >= 0.3 is 0 Å². The molecule has 0 aliphatic carbocycles. The van der Waals surface area contributed by atoms with Crippen LogP contribution in [-0.2, 0) is 9.53 Å². The first-order valence-corrected chi connectivity index (χ1v) is 5.21. The third-order valence-electron chi connectivity index (χ3n) is 2.66. The molecule has 1 aliphatic heterocycles. The van der Waals surface area contributed by atoms with Gasteiger partial charge in [-0.05, 0) is 18.3 Å². The molecule has 2 unspecified atom stereocenters. The van der Waals surface area contributed by atoms with E-state index in [1.807, 2.05) is 0 Å². The number of hydrogen-bond acceptors (Lipinski definition) is 2. The normalized spacial score (nSPS) is 29.2. The highest BCUT2D eigenvalue weighted by Gasteiger charge is 2.28. The minimum Gasteiger partial charge on any atom is -0.381 e. The van der Waals surface area contributed by atoms with E-state index in [0.29, 0.717) is 17.6 Å². The van der Waals surface area contributed by atoms with Crippen LogP contribution in [-0.4, -0.2) is 19.0 Å². The Morgan fingerprint density at radius 2 is 2.23 bits per heavy atom. The molecule has 0 saturated carbocycles. The van der Waals surface area contributed by atoms with Gasteiger partial charge in [-0.1, -0.05) is 20.8 Å². The third-order valence-corrected chi connectivity index (χ3v) is 2.66. The first-order chi connectivity index (χ1) is 6.11. The van der Waals surface area contributed by atoms with Crippen LogP contribution in [0.1, 0.15) is 33.6 Å². The average molecular weight is 184 g/mol. The second-order valence-corrected chi connectivity index (χ2v) is 4.51. The predicted molar refractivity (Wildman–Crippen MR) is 52.6 cm³/mol. The van der Waals surface area contributed by atoms with Gasteiger partial charge in [0.1, 0.15) is 5.78 Å². The SMILES string of the molecule is CC(C)CC(=O)C1CCOCC1C. The van der Waals surface area contributed by atoms with E-state index in [4.69, 9.17) is 4.74 Å². The highest BCUT2D eigenvalue weighted by molar-refractivity contribution is 5.81. The summed E-state index contributed by atoms with van der Waals surface area (Å²) in [5.74, 6) is 1.60. The summed E-state index contributed by atoms with van der Waals surface area (Å²) in [5, 5.41) is 0. The summed E-state index contributed by atoms with van der Waals surface area (Å²) in [4.78, 5) is 11.8. The predicted octanol–water partition coefficient (Wildman–Crippen LogP) is 2.27. The Labute approximate surface area is 80.7 Å². The van der Waals surface area contributed by atoms with Gasteiger partial charge in [0.05, 0.1) is 0 Å². The molecule has 2 nitrogen and oxygen atoms in total. The van der Waals surface area contributed by atoms with Crippen LogP contribution in [0.5, 0.6) is 0 Å². The molecule has 0 aromatic carbocycles. The van der Waals surface area contributed by atoms with E-state index in [1.165, 1.54) is 0 Å². The largest absolute Gasteiger partial charge is 0.381 e. The van der Waals surface area contributed by atoms with Crippen LogP contribution in [0, 0.1) is 17.8 Å². The number of ketones is 1. The molecule has 13 heavy (non-hydrogen) atoms. The number of carbonyl (C=O) groups excluding carboxylic acids is 1. The van der Waals surface area contributed by atoms with Crippen molar-refractivity contribution in [2.75, 3.05) is 13.2 Å². The second kappa shape index (κ2) is 4.75. The first kappa shape index (κ1) is 10.7. The zero-order valence-electron chi connectivity index (χ0n) is 8.88. The highest BCUT2D eigenvalue weighted by atomic mass is 16.5. The lowest BCUT2D eigenvalue weighted by Gasteiger charge is -2.28. The van der Waals surface area contributed by atoms with Crippen LogP contribution < -0.4 is 0 Å². The Kier molecular flexibility index (Phi) is 3.91. The van der Waals surface area contributed by atoms with E-state index >= 15 is 0 Å². The van der Waals surface area contributed by atoms with Gasteiger partial charge in [0.15, 0.2) is 0 Å². The van der Waals surface area contributed by atoms with Gasteiger partial charge in [0, 0.05) is 25.6 Å². The van der Waals surface area contributed by atoms with Crippen molar-refractivity contribution in [3.05, 3.63) is 0 Å². The molecular weight excluding hydrogens is 164 g/mol. The molecule has 1 saturated heterocycles. The Morgan fingerprint density at radius 3 is 2.77 bits per heavy atom. The summed E-state index contributed by atoms with van der Waals surface area (Å²) in [5.41, 5.74) is 0. The second-order valence-electron chi connectivity index (χ2n) is 4.51. The van der Waals surface area contributed by atoms with Crippen LogP contribution in [0.3, 0.4) is 0 Å². The summed E-state index contributed by atoms with van der Waals surface area (Å²) in [6.45, 7) is 7.83. The van der Waals surface area contributed by atoms with Gasteiger partial charge in [0.2, 0.25) is 0 Å². The fourth-order valence-corrected chi connectivity index (χ4v) is 1.91. The van der Waals surface area contributed by atoms with E-state index < -0.39 is 0 Å². The zero-order valence-corrected chi connectivity index (χ0v) is 8.88. The van der Waals surface area contributed by atoms with Gasteiger partial charge in [-0.15, -0.1) is 0 Å². The minimum absolute atomic E-state index is 0.260. The van der Waals surface area contributed by atoms with Gasteiger partial charge in [0.25, 0.3) is 0 Å². The number of hydrogen-bond donors (Lipinski definition) is 0. The van der Waals surface area contributed by atoms with E-state index in [9.17, 15) is 4.79 Å². The van der Waals surface area contributed by atoms with Gasteiger partial charge in [-0.25, -0.2) is 0 Å². The molecule has 0 amide bonds. The molecule has 76 valence electrons. The quantitative estimate of drug-likeness (QED) is 0.672. The smallest absolute Gasteiger partial charge is 0.136 e. The monoisotopic (exact) mass is 184 g/mol. The molecule has 2 heteroatoms. The molecule has 0 spiro atoms. The van der Waals surface area contributed by atoms with Gasteiger partial charge in [-0.3, -0.25) is 4.79 Å². The van der Waals surface area contributed by atoms with Gasteiger partial charge < -0.3 is 4.74 Å². The van der Waals surface area contributed by atoms with E-state index in [0.717, 1.165) is 26.1 Å². The maximum Gasteiger partial charge on any atom is 0.136 e. The van der Waals surface area contributed by atoms with Crippen molar-refractivity contribution in [3.63, 3.8) is 0 Å². The Balaban J connectivity index is 2.44. The maximum absolute atomic E-state index is 11.8. The van der Waals surface area contributed by atoms with Crippen molar-refractivity contribution in [2.24, 2.45) is 17.8 Å². The van der Waals surface area contributed by atoms with Crippen molar-refractivity contribution in [1.29, 1.82) is 0 Å². The van der Waals surface area contributed by atoms with Crippen molar-refractivity contribution in [2.45, 2.75) is 33.6 Å². The molecule has 2 atom stereocenters.